The van der Waals surface area contributed by atoms with E-state index in [2.05, 4.69) is 9.80 Å². The lowest BCUT2D eigenvalue weighted by Crippen LogP contribution is -2.45. The van der Waals surface area contributed by atoms with Crippen molar-refractivity contribution >= 4 is 5.91 Å². The summed E-state index contributed by atoms with van der Waals surface area (Å²) in [6.45, 7) is 6.28. The van der Waals surface area contributed by atoms with Crippen molar-refractivity contribution in [1.29, 1.82) is 0 Å². The molecule has 0 bridgehead atoms. The fourth-order valence-corrected chi connectivity index (χ4v) is 4.91. The molecule has 2 heterocycles. The summed E-state index contributed by atoms with van der Waals surface area (Å²) < 4.78 is 5.53. The molecule has 0 unspecified atom stereocenters. The van der Waals surface area contributed by atoms with E-state index in [1.165, 1.54) is 64.5 Å². The van der Waals surface area contributed by atoms with Crippen molar-refractivity contribution in [3.8, 4) is 0 Å². The van der Waals surface area contributed by atoms with Crippen LogP contribution >= 0.6 is 0 Å². The Labute approximate surface area is 154 Å². The molecule has 144 valence electrons. The number of hydrogen-bond donors (Lipinski definition) is 0. The third-order valence-electron chi connectivity index (χ3n) is 6.46. The lowest BCUT2D eigenvalue weighted by molar-refractivity contribution is -0.136. The number of ether oxygens (including phenoxy) is 1. The lowest BCUT2D eigenvalue weighted by atomic mass is 10.0. The zero-order valence-corrected chi connectivity index (χ0v) is 16.1. The maximum atomic E-state index is 13.0. The number of amides is 1. The van der Waals surface area contributed by atoms with Crippen molar-refractivity contribution in [3.63, 3.8) is 0 Å². The van der Waals surface area contributed by atoms with Crippen molar-refractivity contribution in [2.45, 2.75) is 83.1 Å². The highest BCUT2D eigenvalue weighted by Gasteiger charge is 2.28. The fraction of sp³-hybridized carbons (Fsp3) is 0.952. The van der Waals surface area contributed by atoms with Gasteiger partial charge in [0.2, 0.25) is 5.91 Å². The quantitative estimate of drug-likeness (QED) is 0.699. The van der Waals surface area contributed by atoms with E-state index >= 15 is 0 Å². The van der Waals surface area contributed by atoms with E-state index in [1.54, 1.807) is 0 Å². The van der Waals surface area contributed by atoms with Gasteiger partial charge in [0.25, 0.3) is 0 Å². The number of likely N-dealkylation sites (tertiary alicyclic amines) is 1. The van der Waals surface area contributed by atoms with E-state index in [0.29, 0.717) is 17.9 Å². The molecule has 3 rings (SSSR count). The minimum atomic E-state index is 0.423. The number of nitrogens with zero attached hydrogens (tertiary/aromatic N) is 2. The first-order valence-corrected chi connectivity index (χ1v) is 10.9. The molecular weight excluding hydrogens is 312 g/mol. The predicted octanol–water partition coefficient (Wildman–Crippen LogP) is 3.84. The van der Waals surface area contributed by atoms with Crippen molar-refractivity contribution < 1.29 is 9.53 Å². The molecule has 25 heavy (non-hydrogen) atoms. The second kappa shape index (κ2) is 10.5. The SMILES string of the molecule is O=C(CC1CCCC1)N(CCCN1CCCCCC1)C1CCOCC1. The Balaban J connectivity index is 1.48. The van der Waals surface area contributed by atoms with Gasteiger partial charge < -0.3 is 14.5 Å². The molecule has 1 amide bonds. The largest absolute Gasteiger partial charge is 0.381 e. The molecule has 4 heteroatoms. The number of rotatable bonds is 7. The Morgan fingerprint density at radius 2 is 1.60 bits per heavy atom. The van der Waals surface area contributed by atoms with E-state index in [-0.39, 0.29) is 0 Å². The van der Waals surface area contributed by atoms with Gasteiger partial charge in [-0.25, -0.2) is 0 Å². The van der Waals surface area contributed by atoms with Crippen LogP contribution in [-0.4, -0.2) is 61.1 Å². The van der Waals surface area contributed by atoms with Crippen LogP contribution in [0.5, 0.6) is 0 Å². The number of carbonyl (C=O) groups is 1. The fourth-order valence-electron chi connectivity index (χ4n) is 4.91. The highest BCUT2D eigenvalue weighted by Crippen LogP contribution is 2.29. The molecule has 0 aromatic rings. The molecule has 0 radical (unpaired) electrons. The normalized spacial score (nSPS) is 24.3. The number of hydrogen-bond acceptors (Lipinski definition) is 3. The van der Waals surface area contributed by atoms with Crippen molar-refractivity contribution in [2.75, 3.05) is 39.4 Å². The van der Waals surface area contributed by atoms with Crippen LogP contribution in [0.15, 0.2) is 0 Å². The van der Waals surface area contributed by atoms with Crippen LogP contribution in [-0.2, 0) is 9.53 Å². The summed E-state index contributed by atoms with van der Waals surface area (Å²) in [5.41, 5.74) is 0. The predicted molar refractivity (Wildman–Crippen MR) is 102 cm³/mol. The van der Waals surface area contributed by atoms with Gasteiger partial charge in [0.15, 0.2) is 0 Å². The molecule has 1 aliphatic carbocycles. The molecule has 2 saturated heterocycles. The molecule has 1 saturated carbocycles. The van der Waals surface area contributed by atoms with Crippen LogP contribution in [0.4, 0.5) is 0 Å². The molecule has 2 aliphatic heterocycles. The Hall–Kier alpha value is -0.610. The summed E-state index contributed by atoms with van der Waals surface area (Å²) in [5.74, 6) is 1.08. The smallest absolute Gasteiger partial charge is 0.223 e. The first-order chi connectivity index (χ1) is 12.3. The van der Waals surface area contributed by atoms with Crippen molar-refractivity contribution in [3.05, 3.63) is 0 Å². The third-order valence-corrected chi connectivity index (χ3v) is 6.46. The molecule has 0 aromatic heterocycles. The minimum Gasteiger partial charge on any atom is -0.381 e. The molecular formula is C21H38N2O2. The van der Waals surface area contributed by atoms with Crippen LogP contribution in [0.25, 0.3) is 0 Å². The third kappa shape index (κ3) is 6.25. The summed E-state index contributed by atoms with van der Waals surface area (Å²) in [5, 5.41) is 0. The second-order valence-electron chi connectivity index (χ2n) is 8.39. The van der Waals surface area contributed by atoms with Crippen LogP contribution in [0, 0.1) is 5.92 Å². The van der Waals surface area contributed by atoms with Gasteiger partial charge >= 0.3 is 0 Å². The minimum absolute atomic E-state index is 0.423. The van der Waals surface area contributed by atoms with Gasteiger partial charge in [-0.3, -0.25) is 4.79 Å². The molecule has 3 aliphatic rings. The van der Waals surface area contributed by atoms with Gasteiger partial charge in [-0.15, -0.1) is 0 Å². The van der Waals surface area contributed by atoms with Crippen LogP contribution < -0.4 is 0 Å². The van der Waals surface area contributed by atoms with E-state index in [1.807, 2.05) is 0 Å². The second-order valence-corrected chi connectivity index (χ2v) is 8.39. The lowest BCUT2D eigenvalue weighted by Gasteiger charge is -2.35. The Kier molecular flexibility index (Phi) is 8.06. The first-order valence-electron chi connectivity index (χ1n) is 10.9. The summed E-state index contributed by atoms with van der Waals surface area (Å²) in [4.78, 5) is 17.9. The average Bonchev–Trinajstić information content (AvgIpc) is 3.00. The highest BCUT2D eigenvalue weighted by atomic mass is 16.5. The Morgan fingerprint density at radius 1 is 0.920 bits per heavy atom. The molecule has 0 aromatic carbocycles. The highest BCUT2D eigenvalue weighted by molar-refractivity contribution is 5.76. The van der Waals surface area contributed by atoms with E-state index in [9.17, 15) is 4.79 Å². The van der Waals surface area contributed by atoms with Crippen molar-refractivity contribution in [1.82, 2.24) is 9.80 Å². The Morgan fingerprint density at radius 3 is 2.28 bits per heavy atom. The standard InChI is InChI=1S/C21H38N2O2/c24-21(18-19-8-3-4-9-19)23(20-10-16-25-17-11-20)15-7-14-22-12-5-1-2-6-13-22/h19-20H,1-18H2. The van der Waals surface area contributed by atoms with Crippen LogP contribution in [0.2, 0.25) is 0 Å². The van der Waals surface area contributed by atoms with Gasteiger partial charge in [0.05, 0.1) is 0 Å². The average molecular weight is 351 g/mol. The maximum Gasteiger partial charge on any atom is 0.223 e. The summed E-state index contributed by atoms with van der Waals surface area (Å²) in [7, 11) is 0. The molecule has 3 fully saturated rings. The van der Waals surface area contributed by atoms with Gasteiger partial charge in [0, 0.05) is 32.2 Å². The molecule has 4 nitrogen and oxygen atoms in total. The summed E-state index contributed by atoms with van der Waals surface area (Å²) in [6.07, 6.45) is 14.6. The molecule has 0 N–H and O–H groups in total. The molecule has 0 spiro atoms. The zero-order valence-electron chi connectivity index (χ0n) is 16.1. The summed E-state index contributed by atoms with van der Waals surface area (Å²) >= 11 is 0. The summed E-state index contributed by atoms with van der Waals surface area (Å²) in [6, 6.07) is 0.423. The topological polar surface area (TPSA) is 32.8 Å². The van der Waals surface area contributed by atoms with Crippen LogP contribution in [0.1, 0.15) is 77.0 Å². The van der Waals surface area contributed by atoms with Gasteiger partial charge in [0.1, 0.15) is 0 Å². The van der Waals surface area contributed by atoms with E-state index in [4.69, 9.17) is 4.74 Å². The van der Waals surface area contributed by atoms with Crippen molar-refractivity contribution in [2.24, 2.45) is 5.92 Å². The maximum absolute atomic E-state index is 13.0. The van der Waals surface area contributed by atoms with Crippen LogP contribution in [0.3, 0.4) is 0 Å². The van der Waals surface area contributed by atoms with E-state index < -0.39 is 0 Å². The van der Waals surface area contributed by atoms with Gasteiger partial charge in [-0.2, -0.15) is 0 Å². The monoisotopic (exact) mass is 350 g/mol. The first kappa shape index (κ1) is 19.2. The van der Waals surface area contributed by atoms with E-state index in [0.717, 1.165) is 52.0 Å². The zero-order chi connectivity index (χ0) is 17.3. The number of carbonyl (C=O) groups excluding carboxylic acids is 1. The van der Waals surface area contributed by atoms with Gasteiger partial charge in [-0.1, -0.05) is 25.7 Å². The Bertz CT molecular complexity index is 381. The van der Waals surface area contributed by atoms with Gasteiger partial charge in [-0.05, 0) is 70.5 Å². The molecule has 0 atom stereocenters.